The predicted molar refractivity (Wildman–Crippen MR) is 57.1 cm³/mol. The standard InChI is InChI=1S/C10H18N2O4/c13-9(6-8-2-1-3-11-8)12-4-5-16-7-10(14)15/h8,11H,1-7H2,(H,12,13)(H,14,15). The van der Waals surface area contributed by atoms with Crippen molar-refractivity contribution in [1.29, 1.82) is 0 Å². The summed E-state index contributed by atoms with van der Waals surface area (Å²) in [4.78, 5) is 21.5. The zero-order valence-electron chi connectivity index (χ0n) is 9.20. The molecule has 16 heavy (non-hydrogen) atoms. The lowest BCUT2D eigenvalue weighted by Gasteiger charge is -2.10. The van der Waals surface area contributed by atoms with Crippen molar-refractivity contribution in [2.45, 2.75) is 25.3 Å². The van der Waals surface area contributed by atoms with Crippen LogP contribution in [0.5, 0.6) is 0 Å². The third-order valence-corrected chi connectivity index (χ3v) is 2.39. The van der Waals surface area contributed by atoms with E-state index in [0.717, 1.165) is 19.4 Å². The van der Waals surface area contributed by atoms with Crippen LogP contribution in [-0.4, -0.2) is 49.3 Å². The molecule has 6 nitrogen and oxygen atoms in total. The number of carboxylic acids is 1. The van der Waals surface area contributed by atoms with E-state index in [-0.39, 0.29) is 19.1 Å². The highest BCUT2D eigenvalue weighted by atomic mass is 16.5. The minimum absolute atomic E-state index is 0.0154. The van der Waals surface area contributed by atoms with Gasteiger partial charge in [0.25, 0.3) is 0 Å². The number of ether oxygens (including phenoxy) is 1. The van der Waals surface area contributed by atoms with Gasteiger partial charge in [-0.1, -0.05) is 0 Å². The van der Waals surface area contributed by atoms with Crippen LogP contribution in [0.4, 0.5) is 0 Å². The molecule has 0 radical (unpaired) electrons. The number of amides is 1. The van der Waals surface area contributed by atoms with Crippen LogP contribution < -0.4 is 10.6 Å². The monoisotopic (exact) mass is 230 g/mol. The van der Waals surface area contributed by atoms with Crippen molar-refractivity contribution in [3.05, 3.63) is 0 Å². The van der Waals surface area contributed by atoms with Crippen molar-refractivity contribution in [3.63, 3.8) is 0 Å². The van der Waals surface area contributed by atoms with E-state index >= 15 is 0 Å². The Morgan fingerprint density at radius 2 is 2.31 bits per heavy atom. The summed E-state index contributed by atoms with van der Waals surface area (Å²) in [5, 5.41) is 14.2. The number of carbonyl (C=O) groups is 2. The number of nitrogens with one attached hydrogen (secondary N) is 2. The van der Waals surface area contributed by atoms with Gasteiger partial charge in [0, 0.05) is 19.0 Å². The highest BCUT2D eigenvalue weighted by molar-refractivity contribution is 5.76. The van der Waals surface area contributed by atoms with Crippen molar-refractivity contribution in [3.8, 4) is 0 Å². The van der Waals surface area contributed by atoms with Crippen LogP contribution in [0.1, 0.15) is 19.3 Å². The van der Waals surface area contributed by atoms with E-state index in [4.69, 9.17) is 9.84 Å². The number of carbonyl (C=O) groups excluding carboxylic acids is 1. The lowest BCUT2D eigenvalue weighted by Crippen LogP contribution is -2.33. The molecular weight excluding hydrogens is 212 g/mol. The SMILES string of the molecule is O=C(O)COCCNC(=O)CC1CCCN1. The van der Waals surface area contributed by atoms with E-state index in [0.29, 0.717) is 19.0 Å². The zero-order chi connectivity index (χ0) is 11.8. The quantitative estimate of drug-likeness (QED) is 0.506. The van der Waals surface area contributed by atoms with E-state index in [9.17, 15) is 9.59 Å². The van der Waals surface area contributed by atoms with Gasteiger partial charge in [-0.3, -0.25) is 4.79 Å². The van der Waals surface area contributed by atoms with Crippen molar-refractivity contribution < 1.29 is 19.4 Å². The van der Waals surface area contributed by atoms with Crippen molar-refractivity contribution in [2.75, 3.05) is 26.3 Å². The molecule has 0 bridgehead atoms. The van der Waals surface area contributed by atoms with Gasteiger partial charge in [-0.25, -0.2) is 4.79 Å². The molecule has 3 N–H and O–H groups in total. The number of carboxylic acid groups (broad SMARTS) is 1. The average molecular weight is 230 g/mol. The second-order valence-electron chi connectivity index (χ2n) is 3.79. The van der Waals surface area contributed by atoms with Crippen LogP contribution >= 0.6 is 0 Å². The fourth-order valence-corrected chi connectivity index (χ4v) is 1.65. The first-order valence-electron chi connectivity index (χ1n) is 5.48. The maximum Gasteiger partial charge on any atom is 0.329 e. The van der Waals surface area contributed by atoms with Gasteiger partial charge in [0.15, 0.2) is 0 Å². The zero-order valence-corrected chi connectivity index (χ0v) is 9.20. The topological polar surface area (TPSA) is 87.7 Å². The molecule has 1 amide bonds. The molecule has 0 aliphatic carbocycles. The molecule has 1 saturated heterocycles. The lowest BCUT2D eigenvalue weighted by molar-refractivity contribution is -0.142. The number of rotatable bonds is 7. The summed E-state index contributed by atoms with van der Waals surface area (Å²) in [5.74, 6) is -1.01. The largest absolute Gasteiger partial charge is 0.480 e. The van der Waals surface area contributed by atoms with E-state index < -0.39 is 5.97 Å². The smallest absolute Gasteiger partial charge is 0.329 e. The highest BCUT2D eigenvalue weighted by Gasteiger charge is 2.16. The Morgan fingerprint density at radius 3 is 2.94 bits per heavy atom. The Bertz CT molecular complexity index is 239. The van der Waals surface area contributed by atoms with Crippen molar-refractivity contribution >= 4 is 11.9 Å². The summed E-state index contributed by atoms with van der Waals surface area (Å²) in [6.45, 7) is 1.26. The maximum atomic E-state index is 11.4. The van der Waals surface area contributed by atoms with Gasteiger partial charge in [-0.2, -0.15) is 0 Å². The first-order chi connectivity index (χ1) is 7.68. The number of hydrogen-bond acceptors (Lipinski definition) is 4. The van der Waals surface area contributed by atoms with Gasteiger partial charge >= 0.3 is 5.97 Å². The van der Waals surface area contributed by atoms with Gasteiger partial charge in [0.1, 0.15) is 6.61 Å². The van der Waals surface area contributed by atoms with Crippen LogP contribution in [0.2, 0.25) is 0 Å². The second kappa shape index (κ2) is 7.19. The van der Waals surface area contributed by atoms with Crippen molar-refractivity contribution in [1.82, 2.24) is 10.6 Å². The summed E-state index contributed by atoms with van der Waals surface area (Å²) < 4.78 is 4.79. The molecule has 0 saturated carbocycles. The molecule has 92 valence electrons. The fraction of sp³-hybridized carbons (Fsp3) is 0.800. The molecule has 6 heteroatoms. The Labute approximate surface area is 94.3 Å². The normalized spacial score (nSPS) is 19.6. The Morgan fingerprint density at radius 1 is 1.50 bits per heavy atom. The fourth-order valence-electron chi connectivity index (χ4n) is 1.65. The van der Waals surface area contributed by atoms with Gasteiger partial charge in [-0.15, -0.1) is 0 Å². The first-order valence-corrected chi connectivity index (χ1v) is 5.48. The van der Waals surface area contributed by atoms with E-state index in [1.807, 2.05) is 0 Å². The lowest BCUT2D eigenvalue weighted by atomic mass is 10.1. The minimum Gasteiger partial charge on any atom is -0.480 e. The summed E-state index contributed by atoms with van der Waals surface area (Å²) in [6, 6.07) is 0.292. The molecule has 1 aliphatic rings. The third-order valence-electron chi connectivity index (χ3n) is 2.39. The average Bonchev–Trinajstić information content (AvgIpc) is 2.69. The molecule has 1 heterocycles. The van der Waals surface area contributed by atoms with Crippen LogP contribution in [0.15, 0.2) is 0 Å². The first kappa shape index (κ1) is 12.9. The minimum atomic E-state index is -0.999. The number of aliphatic carboxylic acids is 1. The van der Waals surface area contributed by atoms with Crippen LogP contribution in [0.3, 0.4) is 0 Å². The molecule has 1 unspecified atom stereocenters. The molecular formula is C10H18N2O4. The molecule has 1 rings (SSSR count). The molecule has 1 aliphatic heterocycles. The van der Waals surface area contributed by atoms with Crippen LogP contribution in [-0.2, 0) is 14.3 Å². The summed E-state index contributed by atoms with van der Waals surface area (Å²) >= 11 is 0. The van der Waals surface area contributed by atoms with Gasteiger partial charge < -0.3 is 20.5 Å². The Hall–Kier alpha value is -1.14. The van der Waals surface area contributed by atoms with Crippen LogP contribution in [0, 0.1) is 0 Å². The van der Waals surface area contributed by atoms with Gasteiger partial charge in [-0.05, 0) is 19.4 Å². The van der Waals surface area contributed by atoms with Crippen molar-refractivity contribution in [2.24, 2.45) is 0 Å². The van der Waals surface area contributed by atoms with Crippen LogP contribution in [0.25, 0.3) is 0 Å². The summed E-state index contributed by atoms with van der Waals surface area (Å²) in [7, 11) is 0. The Kier molecular flexibility index (Phi) is 5.81. The third kappa shape index (κ3) is 5.67. The second-order valence-corrected chi connectivity index (χ2v) is 3.79. The molecule has 1 atom stereocenters. The number of hydrogen-bond donors (Lipinski definition) is 3. The van der Waals surface area contributed by atoms with E-state index in [2.05, 4.69) is 10.6 Å². The molecule has 0 spiro atoms. The van der Waals surface area contributed by atoms with E-state index in [1.165, 1.54) is 0 Å². The van der Waals surface area contributed by atoms with Gasteiger partial charge in [0.05, 0.1) is 6.61 Å². The predicted octanol–water partition coefficient (Wildman–Crippen LogP) is -0.654. The summed E-state index contributed by atoms with van der Waals surface area (Å²) in [6.07, 6.45) is 2.65. The molecule has 1 fully saturated rings. The molecule has 0 aromatic rings. The molecule has 0 aromatic heterocycles. The Balaban J connectivity index is 1.95. The molecule has 0 aromatic carbocycles. The summed E-state index contributed by atoms with van der Waals surface area (Å²) in [5.41, 5.74) is 0. The van der Waals surface area contributed by atoms with E-state index in [1.54, 1.807) is 0 Å². The maximum absolute atomic E-state index is 11.4. The van der Waals surface area contributed by atoms with Gasteiger partial charge in [0.2, 0.25) is 5.91 Å². The highest BCUT2D eigenvalue weighted by Crippen LogP contribution is 2.07.